The van der Waals surface area contributed by atoms with Crippen LogP contribution in [0.5, 0.6) is 5.75 Å². The van der Waals surface area contributed by atoms with E-state index in [0.29, 0.717) is 21.5 Å². The molecule has 0 aliphatic carbocycles. The third kappa shape index (κ3) is 6.13. The lowest BCUT2D eigenvalue weighted by Gasteiger charge is -2.24. The van der Waals surface area contributed by atoms with Gasteiger partial charge in [-0.2, -0.15) is 0 Å². The van der Waals surface area contributed by atoms with E-state index in [2.05, 4.69) is 5.32 Å². The van der Waals surface area contributed by atoms with E-state index in [1.165, 1.54) is 24.3 Å². The number of hydrogen-bond donors (Lipinski definition) is 1. The molecule has 9 heteroatoms. The molecule has 3 rings (SSSR count). The highest BCUT2D eigenvalue weighted by atomic mass is 35.5. The Bertz CT molecular complexity index is 1120. The summed E-state index contributed by atoms with van der Waals surface area (Å²) >= 11 is 11.9. The molecule has 6 nitrogen and oxygen atoms in total. The predicted octanol–water partition coefficient (Wildman–Crippen LogP) is 4.38. The van der Waals surface area contributed by atoms with Gasteiger partial charge in [0.05, 0.1) is 22.2 Å². The average Bonchev–Trinajstić information content (AvgIpc) is 2.77. The van der Waals surface area contributed by atoms with E-state index in [9.17, 15) is 13.2 Å². The second-order valence-electron chi connectivity index (χ2n) is 6.43. The minimum absolute atomic E-state index is 0.0376. The van der Waals surface area contributed by atoms with Gasteiger partial charge in [0.1, 0.15) is 18.9 Å². The fourth-order valence-corrected chi connectivity index (χ4v) is 4.48. The second-order valence-corrected chi connectivity index (χ2v) is 9.14. The summed E-state index contributed by atoms with van der Waals surface area (Å²) in [5.74, 6) is 0.0406. The van der Waals surface area contributed by atoms with Gasteiger partial charge in [-0.05, 0) is 48.5 Å². The molecule has 0 spiro atoms. The molecule has 162 valence electrons. The van der Waals surface area contributed by atoms with Gasteiger partial charge in [-0.15, -0.1) is 0 Å². The quantitative estimate of drug-likeness (QED) is 0.462. The van der Waals surface area contributed by atoms with Crippen LogP contribution >= 0.6 is 23.2 Å². The lowest BCUT2D eigenvalue weighted by atomic mass is 10.3. The van der Waals surface area contributed by atoms with Gasteiger partial charge in [0, 0.05) is 5.02 Å². The number of para-hydroxylation sites is 2. The summed E-state index contributed by atoms with van der Waals surface area (Å²) in [6.45, 7) is -0.0144. The monoisotopic (exact) mass is 478 g/mol. The molecule has 3 aromatic carbocycles. The van der Waals surface area contributed by atoms with Gasteiger partial charge in [-0.1, -0.05) is 53.5 Å². The lowest BCUT2D eigenvalue weighted by molar-refractivity contribution is -0.119. The molecule has 0 fully saturated rings. The molecule has 0 aliphatic heterocycles. The summed E-state index contributed by atoms with van der Waals surface area (Å²) < 4.78 is 33.0. The van der Waals surface area contributed by atoms with Crippen molar-refractivity contribution < 1.29 is 17.9 Å². The number of amides is 1. The molecule has 3 aromatic rings. The fraction of sp³-hybridized carbons (Fsp3) is 0.136. The first-order chi connectivity index (χ1) is 14.9. The Hall–Kier alpha value is -2.74. The Kier molecular flexibility index (Phi) is 7.79. The van der Waals surface area contributed by atoms with Gasteiger partial charge >= 0.3 is 0 Å². The van der Waals surface area contributed by atoms with Crippen LogP contribution in [0.3, 0.4) is 0 Å². The number of hydrogen-bond acceptors (Lipinski definition) is 4. The van der Waals surface area contributed by atoms with Gasteiger partial charge in [0.15, 0.2) is 0 Å². The van der Waals surface area contributed by atoms with Crippen molar-refractivity contribution in [1.29, 1.82) is 0 Å². The molecule has 0 unspecified atom stereocenters. The summed E-state index contributed by atoms with van der Waals surface area (Å²) in [7, 11) is -3.98. The number of halogens is 2. The third-order valence-corrected chi connectivity index (χ3v) is 6.60. The SMILES string of the molecule is O=C(CN(c1ccccc1)S(=O)(=O)c1ccc(Cl)cc1)NCCOc1ccccc1Cl. The molecule has 0 saturated heterocycles. The molecule has 1 N–H and O–H groups in total. The van der Waals surface area contributed by atoms with Crippen LogP contribution < -0.4 is 14.4 Å². The van der Waals surface area contributed by atoms with Crippen LogP contribution in [-0.4, -0.2) is 34.0 Å². The molecule has 0 atom stereocenters. The summed E-state index contributed by atoms with van der Waals surface area (Å²) in [5.41, 5.74) is 0.375. The number of sulfonamides is 1. The Labute approximate surface area is 191 Å². The first-order valence-electron chi connectivity index (χ1n) is 9.35. The number of ether oxygens (including phenoxy) is 1. The van der Waals surface area contributed by atoms with Crippen LogP contribution in [0.4, 0.5) is 5.69 Å². The van der Waals surface area contributed by atoms with Crippen molar-refractivity contribution >= 4 is 44.8 Å². The van der Waals surface area contributed by atoms with Gasteiger partial charge in [-0.3, -0.25) is 9.10 Å². The largest absolute Gasteiger partial charge is 0.490 e. The average molecular weight is 479 g/mol. The van der Waals surface area contributed by atoms with E-state index in [1.807, 2.05) is 0 Å². The van der Waals surface area contributed by atoms with Crippen LogP contribution in [0.15, 0.2) is 83.8 Å². The molecule has 1 amide bonds. The van der Waals surface area contributed by atoms with Crippen LogP contribution in [0.25, 0.3) is 0 Å². The van der Waals surface area contributed by atoms with Crippen molar-refractivity contribution in [3.05, 3.63) is 88.9 Å². The summed E-state index contributed by atoms with van der Waals surface area (Å²) in [5, 5.41) is 3.56. The normalized spacial score (nSPS) is 11.0. The summed E-state index contributed by atoms with van der Waals surface area (Å²) in [6.07, 6.45) is 0. The molecular formula is C22H20Cl2N2O4S. The molecule has 0 saturated carbocycles. The van der Waals surface area contributed by atoms with Crippen LogP contribution in [-0.2, 0) is 14.8 Å². The van der Waals surface area contributed by atoms with E-state index in [-0.39, 0.29) is 24.6 Å². The van der Waals surface area contributed by atoms with Gasteiger partial charge in [0.2, 0.25) is 5.91 Å². The molecule has 0 heterocycles. The van der Waals surface area contributed by atoms with E-state index >= 15 is 0 Å². The Morgan fingerprint density at radius 2 is 1.55 bits per heavy atom. The van der Waals surface area contributed by atoms with Crippen molar-refractivity contribution in [3.8, 4) is 5.75 Å². The van der Waals surface area contributed by atoms with E-state index in [4.69, 9.17) is 27.9 Å². The highest BCUT2D eigenvalue weighted by molar-refractivity contribution is 7.92. The van der Waals surface area contributed by atoms with Crippen molar-refractivity contribution in [3.63, 3.8) is 0 Å². The van der Waals surface area contributed by atoms with Crippen molar-refractivity contribution in [2.45, 2.75) is 4.90 Å². The molecule has 0 bridgehead atoms. The summed E-state index contributed by atoms with van der Waals surface area (Å²) in [4.78, 5) is 12.6. The smallest absolute Gasteiger partial charge is 0.264 e. The van der Waals surface area contributed by atoms with Gasteiger partial charge < -0.3 is 10.1 Å². The molecule has 0 aromatic heterocycles. The molecule has 0 aliphatic rings. The minimum Gasteiger partial charge on any atom is -0.490 e. The predicted molar refractivity (Wildman–Crippen MR) is 122 cm³/mol. The standard InChI is InChI=1S/C22H20Cl2N2O4S/c23-17-10-12-19(13-11-17)31(28,29)26(18-6-2-1-3-7-18)16-22(27)25-14-15-30-21-9-5-4-8-20(21)24/h1-13H,14-16H2,(H,25,27). The number of carbonyl (C=O) groups excluding carboxylic acids is 1. The number of anilines is 1. The molecule has 31 heavy (non-hydrogen) atoms. The van der Waals surface area contributed by atoms with E-state index in [0.717, 1.165) is 4.31 Å². The molecule has 0 radical (unpaired) electrons. The zero-order valence-electron chi connectivity index (χ0n) is 16.4. The van der Waals surface area contributed by atoms with Crippen LogP contribution in [0.2, 0.25) is 10.0 Å². The number of nitrogens with one attached hydrogen (secondary N) is 1. The highest BCUT2D eigenvalue weighted by Crippen LogP contribution is 2.25. The van der Waals surface area contributed by atoms with Gasteiger partial charge in [0.25, 0.3) is 10.0 Å². The van der Waals surface area contributed by atoms with E-state index in [1.54, 1.807) is 54.6 Å². The fourth-order valence-electron chi connectivity index (χ4n) is 2.74. The number of rotatable bonds is 9. The first kappa shape index (κ1) is 22.9. The van der Waals surface area contributed by atoms with E-state index < -0.39 is 15.9 Å². The topological polar surface area (TPSA) is 75.7 Å². The maximum Gasteiger partial charge on any atom is 0.264 e. The van der Waals surface area contributed by atoms with Crippen LogP contribution in [0, 0.1) is 0 Å². The Morgan fingerprint density at radius 1 is 0.903 bits per heavy atom. The Morgan fingerprint density at radius 3 is 2.23 bits per heavy atom. The Balaban J connectivity index is 1.68. The molecular weight excluding hydrogens is 459 g/mol. The van der Waals surface area contributed by atoms with Crippen LogP contribution in [0.1, 0.15) is 0 Å². The zero-order valence-corrected chi connectivity index (χ0v) is 18.7. The zero-order chi connectivity index (χ0) is 22.3. The third-order valence-electron chi connectivity index (χ3n) is 4.25. The number of carbonyl (C=O) groups is 1. The summed E-state index contributed by atoms with van der Waals surface area (Å²) in [6, 6.07) is 21.2. The number of nitrogens with zero attached hydrogens (tertiary/aromatic N) is 1. The van der Waals surface area contributed by atoms with Crippen molar-refractivity contribution in [2.75, 3.05) is 24.0 Å². The minimum atomic E-state index is -3.98. The number of benzene rings is 3. The maximum absolute atomic E-state index is 13.2. The first-order valence-corrected chi connectivity index (χ1v) is 11.5. The van der Waals surface area contributed by atoms with Gasteiger partial charge in [-0.25, -0.2) is 8.42 Å². The highest BCUT2D eigenvalue weighted by Gasteiger charge is 2.27. The van der Waals surface area contributed by atoms with Crippen molar-refractivity contribution in [2.24, 2.45) is 0 Å². The second kappa shape index (κ2) is 10.5. The maximum atomic E-state index is 13.2. The van der Waals surface area contributed by atoms with Crippen molar-refractivity contribution in [1.82, 2.24) is 5.32 Å². The lowest BCUT2D eigenvalue weighted by Crippen LogP contribution is -2.41.